The van der Waals surface area contributed by atoms with Crippen LogP contribution < -0.4 is 0 Å². The summed E-state index contributed by atoms with van der Waals surface area (Å²) in [4.78, 5) is 1.51. The van der Waals surface area contributed by atoms with Gasteiger partial charge in [0.05, 0.1) is 5.69 Å². The fourth-order valence-corrected chi connectivity index (χ4v) is 2.06. The smallest absolute Gasteiger partial charge is 0.123 e. The van der Waals surface area contributed by atoms with E-state index in [4.69, 9.17) is 0 Å². The van der Waals surface area contributed by atoms with Gasteiger partial charge in [-0.05, 0) is 48.9 Å². The van der Waals surface area contributed by atoms with E-state index in [2.05, 4.69) is 26.1 Å². The molecule has 3 nitrogen and oxygen atoms in total. The second-order valence-corrected chi connectivity index (χ2v) is 4.91. The molecule has 0 saturated carbocycles. The van der Waals surface area contributed by atoms with E-state index in [0.29, 0.717) is 0 Å². The van der Waals surface area contributed by atoms with Crippen LogP contribution in [0, 0.1) is 12.7 Å². The summed E-state index contributed by atoms with van der Waals surface area (Å²) in [5.74, 6) is -0.269. The molecule has 0 unspecified atom stereocenters. The molecule has 0 aliphatic heterocycles. The van der Waals surface area contributed by atoms with Gasteiger partial charge >= 0.3 is 0 Å². The summed E-state index contributed by atoms with van der Waals surface area (Å²) in [7, 11) is 0. The van der Waals surface area contributed by atoms with Gasteiger partial charge in [-0.15, -0.1) is 10.2 Å². The van der Waals surface area contributed by atoms with Crippen LogP contribution in [0.3, 0.4) is 0 Å². The number of benzene rings is 2. The molecule has 0 saturated heterocycles. The number of aromatic nitrogens is 3. The van der Waals surface area contributed by atoms with E-state index in [1.54, 1.807) is 12.1 Å². The zero-order valence-corrected chi connectivity index (χ0v) is 11.1. The normalized spacial score (nSPS) is 11.1. The Hall–Kier alpha value is -1.75. The molecule has 3 rings (SSSR count). The number of halogens is 2. The van der Waals surface area contributed by atoms with Crippen molar-refractivity contribution in [3.63, 3.8) is 0 Å². The molecule has 1 aromatic heterocycles. The van der Waals surface area contributed by atoms with Crippen molar-refractivity contribution in [2.75, 3.05) is 0 Å². The Kier molecular flexibility index (Phi) is 2.63. The third kappa shape index (κ3) is 1.90. The Morgan fingerprint density at radius 1 is 1.06 bits per heavy atom. The van der Waals surface area contributed by atoms with Crippen molar-refractivity contribution < 1.29 is 4.39 Å². The Bertz CT molecular complexity index is 680. The molecule has 90 valence electrons. The van der Waals surface area contributed by atoms with Gasteiger partial charge in [-0.25, -0.2) is 4.39 Å². The summed E-state index contributed by atoms with van der Waals surface area (Å²) in [6, 6.07) is 9.98. The van der Waals surface area contributed by atoms with Gasteiger partial charge in [0.25, 0.3) is 0 Å². The zero-order valence-electron chi connectivity index (χ0n) is 9.56. The Labute approximate surface area is 111 Å². The van der Waals surface area contributed by atoms with Crippen LogP contribution in [0.25, 0.3) is 16.7 Å². The van der Waals surface area contributed by atoms with Crippen LogP contribution in [-0.2, 0) is 0 Å². The van der Waals surface area contributed by atoms with Crippen LogP contribution in [-0.4, -0.2) is 15.0 Å². The number of aryl methyl sites for hydroxylation is 1. The third-order valence-corrected chi connectivity index (χ3v) is 3.57. The van der Waals surface area contributed by atoms with Gasteiger partial charge in [-0.3, -0.25) is 0 Å². The fourth-order valence-electron chi connectivity index (χ4n) is 1.73. The molecule has 3 aromatic rings. The van der Waals surface area contributed by atoms with Crippen molar-refractivity contribution >= 4 is 27.0 Å². The number of fused-ring (bicyclic) bond motifs is 1. The summed E-state index contributed by atoms with van der Waals surface area (Å²) in [6.45, 7) is 2.00. The third-order valence-electron chi connectivity index (χ3n) is 2.72. The highest BCUT2D eigenvalue weighted by Crippen LogP contribution is 2.22. The van der Waals surface area contributed by atoms with Crippen molar-refractivity contribution in [2.45, 2.75) is 6.92 Å². The lowest BCUT2D eigenvalue weighted by Gasteiger charge is -1.97. The molecule has 0 amide bonds. The van der Waals surface area contributed by atoms with Gasteiger partial charge in [0.1, 0.15) is 16.9 Å². The molecule has 0 fully saturated rings. The maximum atomic E-state index is 12.9. The molecule has 1 heterocycles. The van der Waals surface area contributed by atoms with E-state index in [1.165, 1.54) is 16.9 Å². The fraction of sp³-hybridized carbons (Fsp3) is 0.0769. The minimum atomic E-state index is -0.269. The highest BCUT2D eigenvalue weighted by Gasteiger charge is 2.07. The van der Waals surface area contributed by atoms with E-state index in [-0.39, 0.29) is 5.82 Å². The summed E-state index contributed by atoms with van der Waals surface area (Å²) in [5.41, 5.74) is 3.46. The second kappa shape index (κ2) is 4.17. The van der Waals surface area contributed by atoms with E-state index in [1.807, 2.05) is 19.1 Å². The summed E-state index contributed by atoms with van der Waals surface area (Å²) in [6.07, 6.45) is 0. The van der Waals surface area contributed by atoms with E-state index in [0.717, 1.165) is 26.8 Å². The molecule has 18 heavy (non-hydrogen) atoms. The maximum Gasteiger partial charge on any atom is 0.123 e. The molecule has 0 spiro atoms. The monoisotopic (exact) mass is 305 g/mol. The maximum absolute atomic E-state index is 12.9. The lowest BCUT2D eigenvalue weighted by molar-refractivity contribution is 0.626. The minimum absolute atomic E-state index is 0.269. The van der Waals surface area contributed by atoms with Crippen molar-refractivity contribution in [3.8, 4) is 5.69 Å². The largest absolute Gasteiger partial charge is 0.207 e. The van der Waals surface area contributed by atoms with E-state index < -0.39 is 0 Å². The predicted molar refractivity (Wildman–Crippen MR) is 71.3 cm³/mol. The first-order valence-corrected chi connectivity index (χ1v) is 6.22. The number of hydrogen-bond donors (Lipinski definition) is 0. The van der Waals surface area contributed by atoms with Crippen LogP contribution in [0.4, 0.5) is 4.39 Å². The van der Waals surface area contributed by atoms with Crippen LogP contribution in [0.2, 0.25) is 0 Å². The number of rotatable bonds is 1. The molecule has 0 atom stereocenters. The van der Waals surface area contributed by atoms with Gasteiger partial charge in [-0.2, -0.15) is 4.80 Å². The van der Waals surface area contributed by atoms with Crippen LogP contribution >= 0.6 is 15.9 Å². The van der Waals surface area contributed by atoms with E-state index in [9.17, 15) is 4.39 Å². The second-order valence-electron chi connectivity index (χ2n) is 4.06. The Morgan fingerprint density at radius 2 is 1.67 bits per heavy atom. The zero-order chi connectivity index (χ0) is 12.7. The SMILES string of the molecule is Cc1cc2nn(-c3ccc(F)cc3)nc2cc1Br. The van der Waals surface area contributed by atoms with Crippen LogP contribution in [0.5, 0.6) is 0 Å². The lowest BCUT2D eigenvalue weighted by atomic mass is 10.2. The van der Waals surface area contributed by atoms with Crippen molar-refractivity contribution in [3.05, 3.63) is 52.3 Å². The van der Waals surface area contributed by atoms with Gasteiger partial charge in [0.15, 0.2) is 0 Å². The molecular formula is C13H9BrFN3. The molecule has 0 bridgehead atoms. The molecule has 2 aromatic carbocycles. The topological polar surface area (TPSA) is 30.7 Å². The Balaban J connectivity index is 2.16. The first-order valence-electron chi connectivity index (χ1n) is 5.42. The van der Waals surface area contributed by atoms with Gasteiger partial charge in [0.2, 0.25) is 0 Å². The van der Waals surface area contributed by atoms with Crippen molar-refractivity contribution in [2.24, 2.45) is 0 Å². The highest BCUT2D eigenvalue weighted by molar-refractivity contribution is 9.10. The minimum Gasteiger partial charge on any atom is -0.207 e. The van der Waals surface area contributed by atoms with Gasteiger partial charge in [-0.1, -0.05) is 15.9 Å². The first-order chi connectivity index (χ1) is 8.63. The predicted octanol–water partition coefficient (Wildman–Crippen LogP) is 3.63. The molecule has 0 N–H and O–H groups in total. The quantitative estimate of drug-likeness (QED) is 0.687. The number of hydrogen-bond acceptors (Lipinski definition) is 2. The lowest BCUT2D eigenvalue weighted by Crippen LogP contribution is -1.97. The average Bonchev–Trinajstić information content (AvgIpc) is 2.73. The molecule has 5 heteroatoms. The highest BCUT2D eigenvalue weighted by atomic mass is 79.9. The van der Waals surface area contributed by atoms with Crippen LogP contribution in [0.15, 0.2) is 40.9 Å². The van der Waals surface area contributed by atoms with E-state index >= 15 is 0 Å². The summed E-state index contributed by atoms with van der Waals surface area (Å²) in [5, 5.41) is 8.74. The van der Waals surface area contributed by atoms with Gasteiger partial charge in [0, 0.05) is 4.47 Å². The first kappa shape index (κ1) is 11.3. The molecule has 0 aliphatic carbocycles. The molecule has 0 radical (unpaired) electrons. The Morgan fingerprint density at radius 3 is 2.33 bits per heavy atom. The molecular weight excluding hydrogens is 297 g/mol. The number of nitrogens with zero attached hydrogens (tertiary/aromatic N) is 3. The van der Waals surface area contributed by atoms with Crippen molar-refractivity contribution in [1.82, 2.24) is 15.0 Å². The van der Waals surface area contributed by atoms with Crippen molar-refractivity contribution in [1.29, 1.82) is 0 Å². The van der Waals surface area contributed by atoms with Gasteiger partial charge < -0.3 is 0 Å². The van der Waals surface area contributed by atoms with Crippen LogP contribution in [0.1, 0.15) is 5.56 Å². The summed E-state index contributed by atoms with van der Waals surface area (Å²) >= 11 is 3.46. The molecule has 0 aliphatic rings. The average molecular weight is 306 g/mol. The standard InChI is InChI=1S/C13H9BrFN3/c1-8-6-12-13(7-11(8)14)17-18(16-12)10-4-2-9(15)3-5-10/h2-7H,1H3. The summed E-state index contributed by atoms with van der Waals surface area (Å²) < 4.78 is 13.9.